The molecular weight excluding hydrogens is 338 g/mol. The summed E-state index contributed by atoms with van der Waals surface area (Å²) >= 11 is 8.93. The number of halogens is 4. The zero-order valence-electron chi connectivity index (χ0n) is 9.71. The third-order valence-electron chi connectivity index (χ3n) is 2.76. The SMILES string of the molecule is OC(Cc1cc(F)ccc1Br)c1cccc(Cl)c1F. The van der Waals surface area contributed by atoms with Gasteiger partial charge in [0.25, 0.3) is 0 Å². The summed E-state index contributed by atoms with van der Waals surface area (Å²) in [6.45, 7) is 0. The maximum absolute atomic E-state index is 13.8. The molecule has 0 fully saturated rings. The average molecular weight is 348 g/mol. The van der Waals surface area contributed by atoms with Crippen LogP contribution < -0.4 is 0 Å². The van der Waals surface area contributed by atoms with E-state index < -0.39 is 17.7 Å². The first-order chi connectivity index (χ1) is 8.99. The minimum atomic E-state index is -1.09. The Labute approximate surface area is 123 Å². The van der Waals surface area contributed by atoms with Crippen LogP contribution in [0.5, 0.6) is 0 Å². The van der Waals surface area contributed by atoms with Crippen LogP contribution >= 0.6 is 27.5 Å². The van der Waals surface area contributed by atoms with Gasteiger partial charge in [-0.05, 0) is 29.8 Å². The van der Waals surface area contributed by atoms with Crippen molar-refractivity contribution in [3.8, 4) is 0 Å². The highest BCUT2D eigenvalue weighted by Crippen LogP contribution is 2.28. The standard InChI is InChI=1S/C14H10BrClF2O/c15-11-5-4-9(17)6-8(11)7-13(19)10-2-1-3-12(16)14(10)18/h1-6,13,19H,7H2. The molecule has 2 rings (SSSR count). The minimum Gasteiger partial charge on any atom is -0.388 e. The molecule has 1 N–H and O–H groups in total. The van der Waals surface area contributed by atoms with Crippen LogP contribution in [0.25, 0.3) is 0 Å². The van der Waals surface area contributed by atoms with Crippen molar-refractivity contribution < 1.29 is 13.9 Å². The Bertz CT molecular complexity index is 604. The van der Waals surface area contributed by atoms with Gasteiger partial charge in [0.1, 0.15) is 11.6 Å². The zero-order valence-corrected chi connectivity index (χ0v) is 12.0. The van der Waals surface area contributed by atoms with Gasteiger partial charge in [-0.2, -0.15) is 0 Å². The predicted octanol–water partition coefficient (Wildman–Crippen LogP) is 4.66. The highest BCUT2D eigenvalue weighted by Gasteiger charge is 2.17. The van der Waals surface area contributed by atoms with Gasteiger partial charge in [0.2, 0.25) is 0 Å². The summed E-state index contributed by atoms with van der Waals surface area (Å²) in [4.78, 5) is 0. The lowest BCUT2D eigenvalue weighted by Crippen LogP contribution is -2.05. The molecule has 1 unspecified atom stereocenters. The molecule has 1 atom stereocenters. The predicted molar refractivity (Wildman–Crippen MR) is 74.2 cm³/mol. The maximum atomic E-state index is 13.8. The van der Waals surface area contributed by atoms with Gasteiger partial charge in [-0.25, -0.2) is 8.78 Å². The van der Waals surface area contributed by atoms with Crippen LogP contribution in [-0.4, -0.2) is 5.11 Å². The van der Waals surface area contributed by atoms with Crippen LogP contribution in [0.1, 0.15) is 17.2 Å². The molecule has 2 aromatic carbocycles. The molecule has 0 radical (unpaired) electrons. The van der Waals surface area contributed by atoms with Crippen molar-refractivity contribution in [2.75, 3.05) is 0 Å². The van der Waals surface area contributed by atoms with Gasteiger partial charge in [0.15, 0.2) is 0 Å². The van der Waals surface area contributed by atoms with E-state index in [1.54, 1.807) is 12.1 Å². The largest absolute Gasteiger partial charge is 0.388 e. The molecule has 0 amide bonds. The lowest BCUT2D eigenvalue weighted by molar-refractivity contribution is 0.173. The summed E-state index contributed by atoms with van der Waals surface area (Å²) in [5.74, 6) is -1.05. The molecule has 0 saturated heterocycles. The van der Waals surface area contributed by atoms with Gasteiger partial charge in [-0.3, -0.25) is 0 Å². The number of hydrogen-bond acceptors (Lipinski definition) is 1. The van der Waals surface area contributed by atoms with E-state index in [1.807, 2.05) is 0 Å². The molecule has 0 saturated carbocycles. The van der Waals surface area contributed by atoms with E-state index in [9.17, 15) is 13.9 Å². The van der Waals surface area contributed by atoms with E-state index in [0.717, 1.165) is 0 Å². The Balaban J connectivity index is 2.28. The molecule has 0 heterocycles. The summed E-state index contributed by atoms with van der Waals surface area (Å²) in [7, 11) is 0. The molecule has 0 aliphatic heterocycles. The number of aliphatic hydroxyl groups excluding tert-OH is 1. The summed E-state index contributed by atoms with van der Waals surface area (Å²) in [6, 6.07) is 8.58. The van der Waals surface area contributed by atoms with E-state index in [1.165, 1.54) is 24.3 Å². The number of rotatable bonds is 3. The second-order valence-electron chi connectivity index (χ2n) is 4.10. The number of benzene rings is 2. The highest BCUT2D eigenvalue weighted by molar-refractivity contribution is 9.10. The molecule has 0 aliphatic carbocycles. The van der Waals surface area contributed by atoms with Crippen LogP contribution in [0.15, 0.2) is 40.9 Å². The van der Waals surface area contributed by atoms with E-state index in [-0.39, 0.29) is 17.0 Å². The molecule has 5 heteroatoms. The Morgan fingerprint density at radius 3 is 2.68 bits per heavy atom. The fourth-order valence-corrected chi connectivity index (χ4v) is 2.39. The Morgan fingerprint density at radius 2 is 1.95 bits per heavy atom. The van der Waals surface area contributed by atoms with Crippen LogP contribution in [0, 0.1) is 11.6 Å². The molecule has 0 aromatic heterocycles. The number of aliphatic hydroxyl groups is 1. The monoisotopic (exact) mass is 346 g/mol. The molecule has 0 aliphatic rings. The first-order valence-electron chi connectivity index (χ1n) is 5.55. The summed E-state index contributed by atoms with van der Waals surface area (Å²) in [5, 5.41) is 10.0. The first kappa shape index (κ1) is 14.4. The smallest absolute Gasteiger partial charge is 0.147 e. The van der Waals surface area contributed by atoms with Crippen molar-refractivity contribution >= 4 is 27.5 Å². The zero-order chi connectivity index (χ0) is 14.0. The van der Waals surface area contributed by atoms with Gasteiger partial charge in [0.05, 0.1) is 11.1 Å². The number of hydrogen-bond donors (Lipinski definition) is 1. The molecule has 19 heavy (non-hydrogen) atoms. The summed E-state index contributed by atoms with van der Waals surface area (Å²) in [6.07, 6.45) is -0.993. The van der Waals surface area contributed by atoms with E-state index in [2.05, 4.69) is 15.9 Å². The minimum absolute atomic E-state index is 0.0464. The van der Waals surface area contributed by atoms with Crippen molar-refractivity contribution in [2.45, 2.75) is 12.5 Å². The van der Waals surface area contributed by atoms with Gasteiger partial charge in [-0.1, -0.05) is 39.7 Å². The van der Waals surface area contributed by atoms with Crippen molar-refractivity contribution in [1.82, 2.24) is 0 Å². The fourth-order valence-electron chi connectivity index (χ4n) is 1.80. The fraction of sp³-hybridized carbons (Fsp3) is 0.143. The second-order valence-corrected chi connectivity index (χ2v) is 5.36. The molecule has 0 spiro atoms. The topological polar surface area (TPSA) is 20.2 Å². The van der Waals surface area contributed by atoms with Crippen LogP contribution in [0.2, 0.25) is 5.02 Å². The van der Waals surface area contributed by atoms with Crippen molar-refractivity contribution in [3.05, 3.63) is 68.7 Å². The molecule has 100 valence electrons. The van der Waals surface area contributed by atoms with E-state index >= 15 is 0 Å². The third kappa shape index (κ3) is 3.32. The Kier molecular flexibility index (Phi) is 4.55. The van der Waals surface area contributed by atoms with Gasteiger partial charge in [0, 0.05) is 16.5 Å². The van der Waals surface area contributed by atoms with Crippen LogP contribution in [0.3, 0.4) is 0 Å². The van der Waals surface area contributed by atoms with Gasteiger partial charge < -0.3 is 5.11 Å². The van der Waals surface area contributed by atoms with Gasteiger partial charge in [-0.15, -0.1) is 0 Å². The maximum Gasteiger partial charge on any atom is 0.147 e. The summed E-state index contributed by atoms with van der Waals surface area (Å²) < 4.78 is 27.6. The summed E-state index contributed by atoms with van der Waals surface area (Å²) in [5.41, 5.74) is 0.663. The van der Waals surface area contributed by atoms with Crippen LogP contribution in [-0.2, 0) is 6.42 Å². The average Bonchev–Trinajstić information content (AvgIpc) is 2.37. The van der Waals surface area contributed by atoms with E-state index in [4.69, 9.17) is 11.6 Å². The van der Waals surface area contributed by atoms with Crippen LogP contribution in [0.4, 0.5) is 8.78 Å². The molecule has 1 nitrogen and oxygen atoms in total. The molecular formula is C14H10BrClF2O. The van der Waals surface area contributed by atoms with Crippen molar-refractivity contribution in [3.63, 3.8) is 0 Å². The normalized spacial score (nSPS) is 12.5. The van der Waals surface area contributed by atoms with Crippen molar-refractivity contribution in [1.29, 1.82) is 0 Å². The van der Waals surface area contributed by atoms with Crippen molar-refractivity contribution in [2.24, 2.45) is 0 Å². The highest BCUT2D eigenvalue weighted by atomic mass is 79.9. The molecule has 0 bridgehead atoms. The Hall–Kier alpha value is -0.970. The third-order valence-corrected chi connectivity index (χ3v) is 3.83. The lowest BCUT2D eigenvalue weighted by atomic mass is 10.0. The lowest BCUT2D eigenvalue weighted by Gasteiger charge is -2.14. The Morgan fingerprint density at radius 1 is 1.21 bits per heavy atom. The van der Waals surface area contributed by atoms with Gasteiger partial charge >= 0.3 is 0 Å². The molecule has 2 aromatic rings. The quantitative estimate of drug-likeness (QED) is 0.856. The van der Waals surface area contributed by atoms with E-state index in [0.29, 0.717) is 10.0 Å². The first-order valence-corrected chi connectivity index (χ1v) is 6.72. The second kappa shape index (κ2) is 5.99.